The summed E-state index contributed by atoms with van der Waals surface area (Å²) in [5.74, 6) is 0.193. The Bertz CT molecular complexity index is 1400. The molecule has 0 radical (unpaired) electrons. The number of nitrogens with one attached hydrogen (secondary N) is 2. The van der Waals surface area contributed by atoms with Gasteiger partial charge in [-0.1, -0.05) is 31.5 Å². The van der Waals surface area contributed by atoms with E-state index in [2.05, 4.69) is 20.5 Å². The summed E-state index contributed by atoms with van der Waals surface area (Å²) in [6, 6.07) is 6.67. The normalized spacial score (nSPS) is 22.3. The second-order valence-corrected chi connectivity index (χ2v) is 10.9. The van der Waals surface area contributed by atoms with Gasteiger partial charge in [-0.2, -0.15) is 9.40 Å². The third-order valence-corrected chi connectivity index (χ3v) is 8.59. The largest absolute Gasteiger partial charge is 0.307 e. The van der Waals surface area contributed by atoms with Crippen LogP contribution < -0.4 is 11.0 Å². The number of hydrogen-bond acceptors (Lipinski definition) is 9. The van der Waals surface area contributed by atoms with Crippen LogP contribution in [0.4, 0.5) is 0 Å². The zero-order valence-corrected chi connectivity index (χ0v) is 20.8. The molecule has 0 saturated carbocycles. The maximum Gasteiger partial charge on any atom is 0.277 e. The van der Waals surface area contributed by atoms with Crippen molar-refractivity contribution in [2.24, 2.45) is 7.05 Å². The van der Waals surface area contributed by atoms with Gasteiger partial charge in [0, 0.05) is 38.8 Å². The number of sulfonamides is 1. The molecule has 2 saturated heterocycles. The highest BCUT2D eigenvalue weighted by Gasteiger charge is 2.47. The molecule has 1 aromatic carbocycles. The van der Waals surface area contributed by atoms with Crippen molar-refractivity contribution in [2.75, 3.05) is 39.8 Å². The Balaban J connectivity index is 1.69. The number of benzene rings is 1. The lowest BCUT2D eigenvalue weighted by molar-refractivity contribution is -0.286. The summed E-state index contributed by atoms with van der Waals surface area (Å²) < 4.78 is 30.5. The molecule has 5 rings (SSSR count). The van der Waals surface area contributed by atoms with Gasteiger partial charge in [0.25, 0.3) is 5.56 Å². The molecule has 13 heteroatoms. The minimum absolute atomic E-state index is 0.0971. The van der Waals surface area contributed by atoms with Gasteiger partial charge in [-0.3, -0.25) is 9.48 Å². The zero-order valence-electron chi connectivity index (χ0n) is 19.9. The molecule has 3 aromatic rings. The molecule has 2 aliphatic heterocycles. The fraction of sp³-hybridized carbons (Fsp3) is 0.500. The van der Waals surface area contributed by atoms with Gasteiger partial charge in [-0.15, -0.1) is 10.5 Å². The van der Waals surface area contributed by atoms with Gasteiger partial charge in [-0.25, -0.2) is 18.3 Å². The molecule has 2 aromatic heterocycles. The predicted molar refractivity (Wildman–Crippen MR) is 127 cm³/mol. The van der Waals surface area contributed by atoms with Crippen LogP contribution in [0.2, 0.25) is 0 Å². The van der Waals surface area contributed by atoms with Crippen molar-refractivity contribution in [3.8, 4) is 0 Å². The van der Waals surface area contributed by atoms with Crippen LogP contribution in [0.1, 0.15) is 30.4 Å². The quantitative estimate of drug-likeness (QED) is 0.454. The van der Waals surface area contributed by atoms with Crippen LogP contribution in [0.15, 0.2) is 34.0 Å². The van der Waals surface area contributed by atoms with Crippen molar-refractivity contribution in [3.63, 3.8) is 0 Å². The molecule has 0 amide bonds. The fourth-order valence-electron chi connectivity index (χ4n) is 4.69. The molecular weight excluding hydrogens is 474 g/mol. The number of aryl methyl sites for hydroxylation is 2. The minimum atomic E-state index is -3.85. The summed E-state index contributed by atoms with van der Waals surface area (Å²) in [5.41, 5.74) is 2.96. The van der Waals surface area contributed by atoms with E-state index in [0.29, 0.717) is 54.9 Å². The van der Waals surface area contributed by atoms with Crippen LogP contribution in [0.3, 0.4) is 0 Å². The molecule has 1 unspecified atom stereocenters. The molecule has 0 bridgehead atoms. The smallest absolute Gasteiger partial charge is 0.277 e. The average Bonchev–Trinajstić information content (AvgIpc) is 3.46. The molecule has 12 nitrogen and oxygen atoms in total. The van der Waals surface area contributed by atoms with Crippen LogP contribution >= 0.6 is 0 Å². The molecule has 35 heavy (non-hydrogen) atoms. The van der Waals surface area contributed by atoms with Crippen LogP contribution in [-0.4, -0.2) is 77.2 Å². The first-order valence-electron chi connectivity index (χ1n) is 11.6. The number of likely N-dealkylation sites (N-methyl/N-ethyl adjacent to an activating group) is 1. The van der Waals surface area contributed by atoms with Gasteiger partial charge >= 0.3 is 0 Å². The molecule has 2 aliphatic rings. The van der Waals surface area contributed by atoms with Crippen molar-refractivity contribution in [1.29, 1.82) is 0 Å². The highest BCUT2D eigenvalue weighted by molar-refractivity contribution is 7.89. The second-order valence-electron chi connectivity index (χ2n) is 8.99. The summed E-state index contributed by atoms with van der Waals surface area (Å²) in [7, 11) is -0.180. The molecule has 2 N–H and O–H groups in total. The van der Waals surface area contributed by atoms with Gasteiger partial charge in [0.1, 0.15) is 17.9 Å². The topological polar surface area (TPSA) is 135 Å². The first-order valence-corrected chi connectivity index (χ1v) is 13.0. The van der Waals surface area contributed by atoms with E-state index in [9.17, 15) is 13.2 Å². The van der Waals surface area contributed by atoms with E-state index in [-0.39, 0.29) is 22.9 Å². The number of hydroxylamine groups is 1. The Labute approximate surface area is 202 Å². The molecule has 0 spiro atoms. The van der Waals surface area contributed by atoms with Crippen molar-refractivity contribution in [1.82, 2.24) is 34.4 Å². The maximum absolute atomic E-state index is 13.8. The van der Waals surface area contributed by atoms with Crippen molar-refractivity contribution >= 4 is 21.1 Å². The molecular formula is C22H29N7O5S. The lowest BCUT2D eigenvalue weighted by Crippen LogP contribution is -2.48. The number of nitrogens with zero attached hydrogens (tertiary/aromatic N) is 5. The Morgan fingerprint density at radius 2 is 1.89 bits per heavy atom. The summed E-state index contributed by atoms with van der Waals surface area (Å²) in [5, 5.41) is 4.47. The number of aromatic amines is 1. The molecule has 2 fully saturated rings. The highest BCUT2D eigenvalue weighted by atomic mass is 32.2. The van der Waals surface area contributed by atoms with E-state index < -0.39 is 15.6 Å². The van der Waals surface area contributed by atoms with Gasteiger partial charge in [0.05, 0.1) is 10.6 Å². The average molecular weight is 504 g/mol. The van der Waals surface area contributed by atoms with E-state index in [1.54, 1.807) is 31.3 Å². The Kier molecular flexibility index (Phi) is 6.23. The van der Waals surface area contributed by atoms with E-state index in [4.69, 9.17) is 14.9 Å². The number of fused-ring (bicyclic) bond motifs is 1. The number of piperazine rings is 1. The molecule has 4 heterocycles. The zero-order chi connectivity index (χ0) is 24.8. The first kappa shape index (κ1) is 24.0. The van der Waals surface area contributed by atoms with Crippen LogP contribution in [0.5, 0.6) is 0 Å². The lowest BCUT2D eigenvalue weighted by atomic mass is 9.90. The standard InChI is InChI=1S/C22H29N7O5S/c1-4-7-16-18-19(28(3)25-16)20(30)24-21(23-18)22(14-33-34-26-22)15-8-5-6-9-17(15)35(31,32)29-12-10-27(2)11-13-29/h5-6,8-9,26H,4,7,10-14H2,1-3H3,(H,23,24,30). The van der Waals surface area contributed by atoms with E-state index in [0.717, 1.165) is 6.42 Å². The summed E-state index contributed by atoms with van der Waals surface area (Å²) in [6.07, 6.45) is 1.48. The van der Waals surface area contributed by atoms with Crippen molar-refractivity contribution in [2.45, 2.75) is 30.2 Å². The summed E-state index contributed by atoms with van der Waals surface area (Å²) >= 11 is 0. The summed E-state index contributed by atoms with van der Waals surface area (Å²) in [6.45, 7) is 3.98. The van der Waals surface area contributed by atoms with Crippen molar-refractivity contribution < 1.29 is 18.3 Å². The van der Waals surface area contributed by atoms with E-state index >= 15 is 0 Å². The van der Waals surface area contributed by atoms with Crippen molar-refractivity contribution in [3.05, 3.63) is 51.7 Å². The van der Waals surface area contributed by atoms with Crippen LogP contribution in [-0.2, 0) is 38.9 Å². The van der Waals surface area contributed by atoms with Crippen LogP contribution in [0, 0.1) is 0 Å². The number of rotatable bonds is 6. The van der Waals surface area contributed by atoms with E-state index in [1.165, 1.54) is 8.99 Å². The minimum Gasteiger partial charge on any atom is -0.307 e. The molecule has 188 valence electrons. The van der Waals surface area contributed by atoms with Gasteiger partial charge in [0.2, 0.25) is 10.0 Å². The number of hydrogen-bond donors (Lipinski definition) is 2. The van der Waals surface area contributed by atoms with Gasteiger partial charge < -0.3 is 9.88 Å². The highest BCUT2D eigenvalue weighted by Crippen LogP contribution is 2.36. The third-order valence-electron chi connectivity index (χ3n) is 6.63. The van der Waals surface area contributed by atoms with Gasteiger partial charge in [-0.05, 0) is 19.5 Å². The third kappa shape index (κ3) is 3.97. The fourth-order valence-corrected chi connectivity index (χ4v) is 6.38. The Morgan fingerprint density at radius 1 is 1.14 bits per heavy atom. The second kappa shape index (κ2) is 9.08. The molecule has 1 atom stereocenters. The number of H-pyrrole nitrogens is 1. The SMILES string of the molecule is CCCc1nn(C)c2c(=O)[nH]c(C3(c4ccccc4S(=O)(=O)N4CCN(C)CC4)COON3)nc12. The van der Waals surface area contributed by atoms with E-state index in [1.807, 2.05) is 14.0 Å². The Morgan fingerprint density at radius 3 is 2.57 bits per heavy atom. The number of aromatic nitrogens is 4. The predicted octanol–water partition coefficient (Wildman–Crippen LogP) is 0.255. The van der Waals surface area contributed by atoms with Gasteiger partial charge in [0.15, 0.2) is 11.1 Å². The maximum atomic E-state index is 13.8. The molecule has 0 aliphatic carbocycles. The van der Waals surface area contributed by atoms with Crippen LogP contribution in [0.25, 0.3) is 11.0 Å². The Hall–Kier alpha value is -2.68. The lowest BCUT2D eigenvalue weighted by Gasteiger charge is -2.33. The first-order chi connectivity index (χ1) is 16.8. The summed E-state index contributed by atoms with van der Waals surface area (Å²) in [4.78, 5) is 33.2. The monoisotopic (exact) mass is 503 g/mol.